The van der Waals surface area contributed by atoms with Crippen molar-refractivity contribution in [3.8, 4) is 0 Å². The van der Waals surface area contributed by atoms with E-state index in [4.69, 9.17) is 0 Å². The summed E-state index contributed by atoms with van der Waals surface area (Å²) in [6.45, 7) is 0. The third-order valence-electron chi connectivity index (χ3n) is 4.55. The van der Waals surface area contributed by atoms with Crippen molar-refractivity contribution in [1.82, 2.24) is 0 Å². The molecule has 1 aliphatic rings. The Kier molecular flexibility index (Phi) is 3.56. The summed E-state index contributed by atoms with van der Waals surface area (Å²) in [6, 6.07) is 21.3. The van der Waals surface area contributed by atoms with Crippen LogP contribution in [0.1, 0.15) is 21.5 Å². The number of nitrogens with zero attached hydrogens (tertiary/aromatic N) is 2. The molecule has 0 spiro atoms. The molecule has 0 radical (unpaired) electrons. The van der Waals surface area contributed by atoms with Crippen molar-refractivity contribution in [3.05, 3.63) is 106 Å². The summed E-state index contributed by atoms with van der Waals surface area (Å²) in [6.07, 6.45) is 0. The fourth-order valence-corrected chi connectivity index (χ4v) is 3.34. The number of fused-ring (bicyclic) bond motifs is 1. The third-order valence-corrected chi connectivity index (χ3v) is 4.55. The van der Waals surface area contributed by atoms with Gasteiger partial charge in [-0.2, -0.15) is 0 Å². The van der Waals surface area contributed by atoms with Crippen LogP contribution < -0.4 is 4.90 Å². The zero-order chi connectivity index (χ0) is 18.3. The van der Waals surface area contributed by atoms with E-state index >= 15 is 0 Å². The number of carbonyl (C=O) groups excluding carboxylic acids is 1. The number of hydrogen-bond acceptors (Lipinski definition) is 4. The van der Waals surface area contributed by atoms with E-state index in [0.717, 1.165) is 0 Å². The van der Waals surface area contributed by atoms with Crippen molar-refractivity contribution in [2.75, 3.05) is 4.90 Å². The van der Waals surface area contributed by atoms with E-state index in [2.05, 4.69) is 0 Å². The van der Waals surface area contributed by atoms with Crippen molar-refractivity contribution in [2.24, 2.45) is 0 Å². The summed E-state index contributed by atoms with van der Waals surface area (Å²) in [4.78, 5) is 24.7. The van der Waals surface area contributed by atoms with Gasteiger partial charge >= 0.3 is 0 Å². The molecule has 0 saturated heterocycles. The summed E-state index contributed by atoms with van der Waals surface area (Å²) in [5.41, 5.74) is 0.0261. The molecule has 128 valence electrons. The highest BCUT2D eigenvalue weighted by Crippen LogP contribution is 2.44. The molecule has 3 aromatic rings. The highest BCUT2D eigenvalue weighted by Gasteiger charge is 2.50. The first kappa shape index (κ1) is 16.0. The third kappa shape index (κ3) is 2.20. The Bertz CT molecular complexity index is 1000. The molecule has 26 heavy (non-hydrogen) atoms. The molecule has 6 nitrogen and oxygen atoms in total. The first-order valence-electron chi connectivity index (χ1n) is 8.00. The Morgan fingerprint density at radius 2 is 1.50 bits per heavy atom. The van der Waals surface area contributed by atoms with E-state index in [1.54, 1.807) is 48.5 Å². The smallest absolute Gasteiger partial charge is 0.269 e. The van der Waals surface area contributed by atoms with Gasteiger partial charge in [-0.05, 0) is 18.2 Å². The van der Waals surface area contributed by atoms with Crippen LogP contribution in [0.5, 0.6) is 0 Å². The number of carbonyl (C=O) groups is 1. The van der Waals surface area contributed by atoms with Gasteiger partial charge in [-0.1, -0.05) is 48.5 Å². The van der Waals surface area contributed by atoms with Crippen LogP contribution >= 0.6 is 0 Å². The Morgan fingerprint density at radius 3 is 2.15 bits per heavy atom. The number of benzene rings is 3. The van der Waals surface area contributed by atoms with Crippen molar-refractivity contribution in [3.63, 3.8) is 0 Å². The molecule has 0 aromatic heterocycles. The number of anilines is 1. The topological polar surface area (TPSA) is 83.7 Å². The lowest BCUT2D eigenvalue weighted by molar-refractivity contribution is -0.384. The second kappa shape index (κ2) is 5.79. The van der Waals surface area contributed by atoms with Crippen LogP contribution in [0, 0.1) is 10.1 Å². The summed E-state index contributed by atoms with van der Waals surface area (Å²) in [7, 11) is 0. The molecular formula is C20H14N2O4. The molecule has 3 aromatic carbocycles. The maximum Gasteiger partial charge on any atom is 0.269 e. The largest absolute Gasteiger partial charge is 0.363 e. The Morgan fingerprint density at radius 1 is 0.885 bits per heavy atom. The van der Waals surface area contributed by atoms with E-state index in [0.29, 0.717) is 22.4 Å². The lowest BCUT2D eigenvalue weighted by Crippen LogP contribution is -2.45. The van der Waals surface area contributed by atoms with E-state index in [1.807, 2.05) is 6.07 Å². The number of nitro groups is 1. The summed E-state index contributed by atoms with van der Waals surface area (Å²) < 4.78 is 0. The van der Waals surface area contributed by atoms with Crippen molar-refractivity contribution in [2.45, 2.75) is 5.72 Å². The van der Waals surface area contributed by atoms with Gasteiger partial charge in [-0.3, -0.25) is 19.8 Å². The molecule has 0 bridgehead atoms. The van der Waals surface area contributed by atoms with E-state index in [-0.39, 0.29) is 11.6 Å². The minimum absolute atomic E-state index is 0.0823. The average molecular weight is 346 g/mol. The molecule has 1 atom stereocenters. The number of aliphatic hydroxyl groups is 1. The van der Waals surface area contributed by atoms with Crippen molar-refractivity contribution >= 4 is 17.3 Å². The van der Waals surface area contributed by atoms with Gasteiger partial charge < -0.3 is 5.11 Å². The molecule has 1 heterocycles. The van der Waals surface area contributed by atoms with Crippen LogP contribution in [-0.4, -0.2) is 15.9 Å². The van der Waals surface area contributed by atoms with Crippen LogP contribution in [0.2, 0.25) is 0 Å². The van der Waals surface area contributed by atoms with Gasteiger partial charge in [0.15, 0.2) is 5.72 Å². The quantitative estimate of drug-likeness (QED) is 0.581. The minimum Gasteiger partial charge on any atom is -0.363 e. The number of non-ortho nitro benzene ring substituents is 1. The van der Waals surface area contributed by atoms with Gasteiger partial charge in [-0.15, -0.1) is 0 Å². The standard InChI is InChI=1S/C20H14N2O4/c23-19-17-8-4-5-9-18(17)20(24,14-6-2-1-3-7-14)21(19)15-10-12-16(13-11-15)22(25)26/h1-13,24H. The predicted molar refractivity (Wildman–Crippen MR) is 95.8 cm³/mol. The van der Waals surface area contributed by atoms with Crippen LogP contribution in [-0.2, 0) is 5.72 Å². The zero-order valence-corrected chi connectivity index (χ0v) is 13.6. The maximum absolute atomic E-state index is 13.0. The molecular weight excluding hydrogens is 332 g/mol. The number of amides is 1. The SMILES string of the molecule is O=C1c2ccccc2C(O)(c2ccccc2)N1c1ccc([N+](=O)[O-])cc1. The first-order chi connectivity index (χ1) is 12.5. The van der Waals surface area contributed by atoms with Gasteiger partial charge in [0, 0.05) is 34.5 Å². The van der Waals surface area contributed by atoms with E-state index < -0.39 is 10.6 Å². The van der Waals surface area contributed by atoms with E-state index in [1.165, 1.54) is 29.2 Å². The summed E-state index contributed by atoms with van der Waals surface area (Å²) in [5, 5.41) is 22.5. The van der Waals surface area contributed by atoms with Crippen LogP contribution in [0.3, 0.4) is 0 Å². The van der Waals surface area contributed by atoms with E-state index in [9.17, 15) is 20.0 Å². The van der Waals surface area contributed by atoms with Crippen molar-refractivity contribution < 1.29 is 14.8 Å². The second-order valence-electron chi connectivity index (χ2n) is 6.00. The minimum atomic E-state index is -1.69. The summed E-state index contributed by atoms with van der Waals surface area (Å²) >= 11 is 0. The molecule has 1 aliphatic heterocycles. The van der Waals surface area contributed by atoms with Gasteiger partial charge in [0.25, 0.3) is 11.6 Å². The van der Waals surface area contributed by atoms with Gasteiger partial charge in [0.05, 0.1) is 4.92 Å². The molecule has 6 heteroatoms. The molecule has 1 amide bonds. The fraction of sp³-hybridized carbons (Fsp3) is 0.0500. The monoisotopic (exact) mass is 346 g/mol. The molecule has 0 aliphatic carbocycles. The molecule has 1 N–H and O–H groups in total. The van der Waals surface area contributed by atoms with Gasteiger partial charge in [0.2, 0.25) is 0 Å². The lowest BCUT2D eigenvalue weighted by atomic mass is 9.93. The Balaban J connectivity index is 1.93. The van der Waals surface area contributed by atoms with Crippen LogP contribution in [0.15, 0.2) is 78.9 Å². The Labute approximate surface area is 149 Å². The number of nitro benzene ring substituents is 1. The lowest BCUT2D eigenvalue weighted by Gasteiger charge is -2.34. The molecule has 0 fully saturated rings. The zero-order valence-electron chi connectivity index (χ0n) is 13.6. The van der Waals surface area contributed by atoms with Crippen molar-refractivity contribution in [1.29, 1.82) is 0 Å². The number of rotatable bonds is 3. The van der Waals surface area contributed by atoms with Gasteiger partial charge in [-0.25, -0.2) is 0 Å². The second-order valence-corrected chi connectivity index (χ2v) is 6.00. The van der Waals surface area contributed by atoms with Crippen LogP contribution in [0.25, 0.3) is 0 Å². The van der Waals surface area contributed by atoms with Crippen LogP contribution in [0.4, 0.5) is 11.4 Å². The molecule has 0 saturated carbocycles. The first-order valence-corrected chi connectivity index (χ1v) is 8.00. The highest BCUT2D eigenvalue weighted by molar-refractivity contribution is 6.12. The number of hydrogen-bond donors (Lipinski definition) is 1. The normalized spacial score (nSPS) is 18.7. The summed E-state index contributed by atoms with van der Waals surface area (Å²) in [5.74, 6) is -0.360. The van der Waals surface area contributed by atoms with Gasteiger partial charge in [0.1, 0.15) is 0 Å². The molecule has 1 unspecified atom stereocenters. The fourth-order valence-electron chi connectivity index (χ4n) is 3.34. The Hall–Kier alpha value is -3.51. The predicted octanol–water partition coefficient (Wildman–Crippen LogP) is 3.45. The average Bonchev–Trinajstić information content (AvgIpc) is 2.91. The highest BCUT2D eigenvalue weighted by atomic mass is 16.6. The molecule has 4 rings (SSSR count). The maximum atomic E-state index is 13.0.